The molecule has 0 spiro atoms. The lowest BCUT2D eigenvalue weighted by Gasteiger charge is -2.12. The summed E-state index contributed by atoms with van der Waals surface area (Å²) in [5.74, 6) is 1.75. The topological polar surface area (TPSA) is 33.4 Å². The van der Waals surface area contributed by atoms with E-state index in [9.17, 15) is 5.11 Å². The fourth-order valence-corrected chi connectivity index (χ4v) is 3.38. The number of furan rings is 1. The zero-order valence-corrected chi connectivity index (χ0v) is 12.5. The Labute approximate surface area is 120 Å². The molecule has 2 aromatic rings. The highest BCUT2D eigenvalue weighted by molar-refractivity contribution is 5.38. The van der Waals surface area contributed by atoms with Gasteiger partial charge in [0.05, 0.1) is 6.10 Å². The van der Waals surface area contributed by atoms with Gasteiger partial charge in [-0.05, 0) is 62.3 Å². The van der Waals surface area contributed by atoms with E-state index in [1.807, 2.05) is 20.8 Å². The van der Waals surface area contributed by atoms with Gasteiger partial charge in [-0.3, -0.25) is 0 Å². The maximum Gasteiger partial charge on any atom is 0.107 e. The molecule has 1 aromatic carbocycles. The Morgan fingerprint density at radius 3 is 2.55 bits per heavy atom. The Balaban J connectivity index is 1.84. The average Bonchev–Trinajstić information content (AvgIpc) is 2.94. The highest BCUT2D eigenvalue weighted by atomic mass is 16.3. The lowest BCUT2D eigenvalue weighted by atomic mass is 9.96. The van der Waals surface area contributed by atoms with Crippen molar-refractivity contribution in [2.45, 2.75) is 52.6 Å². The maximum absolute atomic E-state index is 10.5. The molecule has 0 bridgehead atoms. The monoisotopic (exact) mass is 270 g/mol. The Morgan fingerprint density at radius 2 is 1.85 bits per heavy atom. The zero-order chi connectivity index (χ0) is 14.3. The van der Waals surface area contributed by atoms with Gasteiger partial charge >= 0.3 is 0 Å². The predicted octanol–water partition coefficient (Wildman–Crippen LogP) is 3.97. The van der Waals surface area contributed by atoms with E-state index in [2.05, 4.69) is 18.2 Å². The van der Waals surface area contributed by atoms with Crippen LogP contribution in [0.2, 0.25) is 0 Å². The van der Waals surface area contributed by atoms with Crippen LogP contribution in [0, 0.1) is 20.8 Å². The Hall–Kier alpha value is -1.54. The Morgan fingerprint density at radius 1 is 1.10 bits per heavy atom. The van der Waals surface area contributed by atoms with Crippen LogP contribution in [-0.2, 0) is 19.3 Å². The second kappa shape index (κ2) is 5.10. The van der Waals surface area contributed by atoms with Gasteiger partial charge in [0.25, 0.3) is 0 Å². The number of aliphatic hydroxyl groups is 1. The summed E-state index contributed by atoms with van der Waals surface area (Å²) in [4.78, 5) is 0. The SMILES string of the molecule is Cc1oc(C)c(C(O)Cc2ccc3c(c2)CCC3)c1C. The van der Waals surface area contributed by atoms with E-state index < -0.39 is 6.10 Å². The molecule has 2 nitrogen and oxygen atoms in total. The van der Waals surface area contributed by atoms with Crippen LogP contribution in [0.4, 0.5) is 0 Å². The molecule has 1 aliphatic carbocycles. The zero-order valence-electron chi connectivity index (χ0n) is 12.5. The summed E-state index contributed by atoms with van der Waals surface area (Å²) >= 11 is 0. The molecule has 0 aliphatic heterocycles. The molecule has 1 unspecified atom stereocenters. The number of aliphatic hydroxyl groups excluding tert-OH is 1. The van der Waals surface area contributed by atoms with Crippen LogP contribution >= 0.6 is 0 Å². The van der Waals surface area contributed by atoms with E-state index in [4.69, 9.17) is 4.42 Å². The number of aryl methyl sites for hydroxylation is 4. The molecule has 1 atom stereocenters. The highest BCUT2D eigenvalue weighted by Gasteiger charge is 2.20. The van der Waals surface area contributed by atoms with Crippen molar-refractivity contribution >= 4 is 0 Å². The van der Waals surface area contributed by atoms with Gasteiger partial charge in [0.2, 0.25) is 0 Å². The van der Waals surface area contributed by atoms with Gasteiger partial charge in [-0.2, -0.15) is 0 Å². The summed E-state index contributed by atoms with van der Waals surface area (Å²) in [5.41, 5.74) is 6.20. The second-order valence-corrected chi connectivity index (χ2v) is 5.93. The molecular formula is C18H22O2. The molecule has 0 fully saturated rings. The van der Waals surface area contributed by atoms with Gasteiger partial charge in [0, 0.05) is 12.0 Å². The molecule has 2 heteroatoms. The lowest BCUT2D eigenvalue weighted by molar-refractivity contribution is 0.176. The van der Waals surface area contributed by atoms with Crippen LogP contribution in [0.5, 0.6) is 0 Å². The minimum Gasteiger partial charge on any atom is -0.466 e. The van der Waals surface area contributed by atoms with Crippen LogP contribution in [0.3, 0.4) is 0 Å². The largest absolute Gasteiger partial charge is 0.466 e. The number of benzene rings is 1. The van der Waals surface area contributed by atoms with Crippen LogP contribution in [0.15, 0.2) is 22.6 Å². The van der Waals surface area contributed by atoms with Crippen LogP contribution in [0.25, 0.3) is 0 Å². The average molecular weight is 270 g/mol. The molecule has 1 aliphatic rings. The predicted molar refractivity (Wildman–Crippen MR) is 80.0 cm³/mol. The first kappa shape index (κ1) is 13.4. The molecule has 3 rings (SSSR count). The van der Waals surface area contributed by atoms with Crippen molar-refractivity contribution in [1.82, 2.24) is 0 Å². The van der Waals surface area contributed by atoms with Crippen molar-refractivity contribution in [3.05, 3.63) is 57.5 Å². The van der Waals surface area contributed by atoms with Crippen molar-refractivity contribution in [3.8, 4) is 0 Å². The lowest BCUT2D eigenvalue weighted by Crippen LogP contribution is -2.04. The van der Waals surface area contributed by atoms with E-state index in [-0.39, 0.29) is 0 Å². The summed E-state index contributed by atoms with van der Waals surface area (Å²) in [6.07, 6.45) is 3.83. The molecule has 20 heavy (non-hydrogen) atoms. The van der Waals surface area contributed by atoms with E-state index in [0.717, 1.165) is 22.6 Å². The van der Waals surface area contributed by atoms with Crippen molar-refractivity contribution in [2.24, 2.45) is 0 Å². The third kappa shape index (κ3) is 2.29. The van der Waals surface area contributed by atoms with Gasteiger partial charge < -0.3 is 9.52 Å². The first-order chi connectivity index (χ1) is 9.56. The van der Waals surface area contributed by atoms with Gasteiger partial charge in [-0.15, -0.1) is 0 Å². The number of hydrogen-bond donors (Lipinski definition) is 1. The summed E-state index contributed by atoms with van der Waals surface area (Å²) < 4.78 is 5.62. The van der Waals surface area contributed by atoms with Crippen molar-refractivity contribution in [3.63, 3.8) is 0 Å². The van der Waals surface area contributed by atoms with Crippen molar-refractivity contribution in [1.29, 1.82) is 0 Å². The summed E-state index contributed by atoms with van der Waals surface area (Å²) in [5, 5.41) is 10.5. The first-order valence-electron chi connectivity index (χ1n) is 7.41. The number of hydrogen-bond acceptors (Lipinski definition) is 2. The van der Waals surface area contributed by atoms with Crippen LogP contribution in [-0.4, -0.2) is 5.11 Å². The van der Waals surface area contributed by atoms with E-state index >= 15 is 0 Å². The smallest absolute Gasteiger partial charge is 0.107 e. The van der Waals surface area contributed by atoms with Crippen molar-refractivity contribution in [2.75, 3.05) is 0 Å². The maximum atomic E-state index is 10.5. The second-order valence-electron chi connectivity index (χ2n) is 5.93. The molecule has 106 valence electrons. The van der Waals surface area contributed by atoms with Crippen LogP contribution in [0.1, 0.15) is 51.9 Å². The van der Waals surface area contributed by atoms with Crippen LogP contribution < -0.4 is 0 Å². The third-order valence-corrected chi connectivity index (χ3v) is 4.54. The summed E-state index contributed by atoms with van der Waals surface area (Å²) in [7, 11) is 0. The molecule has 0 radical (unpaired) electrons. The van der Waals surface area contributed by atoms with Gasteiger partial charge in [0.1, 0.15) is 11.5 Å². The Bertz CT molecular complexity index is 637. The minimum atomic E-state index is -0.480. The van der Waals surface area contributed by atoms with Gasteiger partial charge in [0.15, 0.2) is 0 Å². The molecule has 0 saturated heterocycles. The number of rotatable bonds is 3. The molecule has 1 N–H and O–H groups in total. The van der Waals surface area contributed by atoms with Gasteiger partial charge in [-0.25, -0.2) is 0 Å². The quantitative estimate of drug-likeness (QED) is 0.915. The van der Waals surface area contributed by atoms with Gasteiger partial charge in [-0.1, -0.05) is 18.2 Å². The minimum absolute atomic E-state index is 0.480. The normalized spacial score (nSPS) is 15.4. The third-order valence-electron chi connectivity index (χ3n) is 4.54. The Kier molecular flexibility index (Phi) is 3.43. The molecule has 1 aromatic heterocycles. The standard InChI is InChI=1S/C18H22O2/c1-11-12(2)20-13(3)18(11)17(19)10-14-7-8-15-5-4-6-16(15)9-14/h7-9,17,19H,4-6,10H2,1-3H3. The molecular weight excluding hydrogens is 248 g/mol. The molecule has 0 amide bonds. The molecule has 1 heterocycles. The first-order valence-corrected chi connectivity index (χ1v) is 7.41. The van der Waals surface area contributed by atoms with Crippen molar-refractivity contribution < 1.29 is 9.52 Å². The molecule has 0 saturated carbocycles. The fourth-order valence-electron chi connectivity index (χ4n) is 3.38. The number of fused-ring (bicyclic) bond motifs is 1. The van der Waals surface area contributed by atoms with E-state index in [1.165, 1.54) is 36.0 Å². The highest BCUT2D eigenvalue weighted by Crippen LogP contribution is 2.30. The van der Waals surface area contributed by atoms with E-state index in [1.54, 1.807) is 0 Å². The van der Waals surface area contributed by atoms with E-state index in [0.29, 0.717) is 6.42 Å². The fraction of sp³-hybridized carbons (Fsp3) is 0.444. The summed E-state index contributed by atoms with van der Waals surface area (Å²) in [6.45, 7) is 5.91. The summed E-state index contributed by atoms with van der Waals surface area (Å²) in [6, 6.07) is 6.65.